The molecular weight excluding hydrogens is 195 g/mol. The highest BCUT2D eigenvalue weighted by Gasteiger charge is 2.15. The monoisotopic (exact) mass is 205 g/mol. The van der Waals surface area contributed by atoms with E-state index in [1.54, 1.807) is 0 Å². The van der Waals surface area contributed by atoms with Crippen LogP contribution in [0.3, 0.4) is 0 Å². The number of nitrogens with two attached hydrogens (primary N) is 1. The van der Waals surface area contributed by atoms with E-state index in [-0.39, 0.29) is 24.4 Å². The predicted octanol–water partition coefficient (Wildman–Crippen LogP) is -0.614. The second-order valence-electron chi connectivity index (χ2n) is 2.42. The Morgan fingerprint density at radius 1 is 1.38 bits per heavy atom. The molecule has 0 fully saturated rings. The minimum Gasteiger partial charge on any atom is -0.423 e. The zero-order valence-electron chi connectivity index (χ0n) is 6.77. The average molecular weight is 205 g/mol. The molecule has 1 aromatic carbocycles. The molecule has 6 heteroatoms. The molecule has 0 aliphatic heterocycles. The summed E-state index contributed by atoms with van der Waals surface area (Å²) >= 11 is 0. The molecule has 0 radical (unpaired) electrons. The lowest BCUT2D eigenvalue weighted by molar-refractivity contribution is 0.425. The lowest BCUT2D eigenvalue weighted by atomic mass is 9.77. The van der Waals surface area contributed by atoms with Crippen molar-refractivity contribution in [1.82, 2.24) is 0 Å². The van der Waals surface area contributed by atoms with Gasteiger partial charge in [0.05, 0.1) is 0 Å². The normalized spacial score (nSPS) is 9.23. The van der Waals surface area contributed by atoms with E-state index in [1.165, 1.54) is 12.1 Å². The Hall–Kier alpha value is -0.615. The Morgan fingerprint density at radius 2 is 2.00 bits per heavy atom. The SMILES string of the molecule is Cl.NCc1ccc(F)cc1B(O)O. The highest BCUT2D eigenvalue weighted by atomic mass is 35.5. The van der Waals surface area contributed by atoms with Gasteiger partial charge in [-0.05, 0) is 23.2 Å². The minimum absolute atomic E-state index is 0. The molecule has 0 amide bonds. The molecule has 0 heterocycles. The highest BCUT2D eigenvalue weighted by molar-refractivity contribution is 6.59. The van der Waals surface area contributed by atoms with E-state index in [1.807, 2.05) is 0 Å². The van der Waals surface area contributed by atoms with Crippen LogP contribution < -0.4 is 11.2 Å². The standard InChI is InChI=1S/C7H9BFNO2.ClH/c9-6-2-1-5(4-10)7(3-6)8(11)12;/h1-3,11-12H,4,10H2;1H. The molecule has 0 bridgehead atoms. The molecule has 0 unspecified atom stereocenters. The van der Waals surface area contributed by atoms with Crippen molar-refractivity contribution in [2.45, 2.75) is 6.54 Å². The maximum absolute atomic E-state index is 12.6. The third-order valence-corrected chi connectivity index (χ3v) is 1.61. The first-order valence-corrected chi connectivity index (χ1v) is 3.49. The van der Waals surface area contributed by atoms with E-state index in [9.17, 15) is 4.39 Å². The Kier molecular flexibility index (Phi) is 4.94. The Morgan fingerprint density at radius 3 is 2.46 bits per heavy atom. The van der Waals surface area contributed by atoms with Gasteiger partial charge < -0.3 is 15.8 Å². The van der Waals surface area contributed by atoms with E-state index in [0.717, 1.165) is 6.07 Å². The summed E-state index contributed by atoms with van der Waals surface area (Å²) in [5.41, 5.74) is 5.95. The largest absolute Gasteiger partial charge is 0.488 e. The number of hydrogen-bond acceptors (Lipinski definition) is 3. The second-order valence-corrected chi connectivity index (χ2v) is 2.42. The van der Waals surface area contributed by atoms with Crippen molar-refractivity contribution in [3.05, 3.63) is 29.6 Å². The molecule has 0 atom stereocenters. The molecule has 3 nitrogen and oxygen atoms in total. The maximum atomic E-state index is 12.6. The van der Waals surface area contributed by atoms with E-state index in [2.05, 4.69) is 0 Å². The molecule has 0 spiro atoms. The van der Waals surface area contributed by atoms with Gasteiger partial charge in [-0.15, -0.1) is 12.4 Å². The van der Waals surface area contributed by atoms with Crippen LogP contribution in [-0.4, -0.2) is 17.2 Å². The number of hydrogen-bond donors (Lipinski definition) is 3. The number of rotatable bonds is 2. The van der Waals surface area contributed by atoms with Crippen LogP contribution in [0.5, 0.6) is 0 Å². The summed E-state index contributed by atoms with van der Waals surface area (Å²) in [5, 5.41) is 17.6. The molecule has 13 heavy (non-hydrogen) atoms. The van der Waals surface area contributed by atoms with Gasteiger partial charge in [0.1, 0.15) is 5.82 Å². The van der Waals surface area contributed by atoms with Crippen molar-refractivity contribution >= 4 is 25.0 Å². The summed E-state index contributed by atoms with van der Waals surface area (Å²) in [6, 6.07) is 3.73. The van der Waals surface area contributed by atoms with Crippen LogP contribution in [0, 0.1) is 5.82 Å². The fraction of sp³-hybridized carbons (Fsp3) is 0.143. The molecule has 0 aliphatic carbocycles. The van der Waals surface area contributed by atoms with Crippen molar-refractivity contribution in [2.75, 3.05) is 0 Å². The molecule has 0 saturated carbocycles. The molecule has 0 aliphatic rings. The average Bonchev–Trinajstić information content (AvgIpc) is 2.04. The second kappa shape index (κ2) is 5.19. The van der Waals surface area contributed by atoms with Gasteiger partial charge in [0.15, 0.2) is 0 Å². The smallest absolute Gasteiger partial charge is 0.423 e. The first-order chi connectivity index (χ1) is 5.65. The minimum atomic E-state index is -1.67. The van der Waals surface area contributed by atoms with Crippen molar-refractivity contribution in [3.8, 4) is 0 Å². The fourth-order valence-corrected chi connectivity index (χ4v) is 0.992. The lowest BCUT2D eigenvalue weighted by Crippen LogP contribution is -2.34. The number of benzene rings is 1. The van der Waals surface area contributed by atoms with Crippen LogP contribution in [0.2, 0.25) is 0 Å². The van der Waals surface area contributed by atoms with E-state index < -0.39 is 12.9 Å². The van der Waals surface area contributed by atoms with Crippen LogP contribution in [0.4, 0.5) is 4.39 Å². The summed E-state index contributed by atoms with van der Waals surface area (Å²) in [4.78, 5) is 0. The quantitative estimate of drug-likeness (QED) is 0.564. The molecule has 1 rings (SSSR count). The Balaban J connectivity index is 0.00000144. The highest BCUT2D eigenvalue weighted by Crippen LogP contribution is 1.99. The van der Waals surface area contributed by atoms with Crippen LogP contribution in [-0.2, 0) is 6.54 Å². The molecular formula is C7H10BClFNO2. The third-order valence-electron chi connectivity index (χ3n) is 1.61. The van der Waals surface area contributed by atoms with Crippen LogP contribution >= 0.6 is 12.4 Å². The molecule has 1 aromatic rings. The van der Waals surface area contributed by atoms with Crippen molar-refractivity contribution in [3.63, 3.8) is 0 Å². The van der Waals surface area contributed by atoms with Gasteiger partial charge in [0.2, 0.25) is 0 Å². The Labute approximate surface area is 81.9 Å². The van der Waals surface area contributed by atoms with E-state index >= 15 is 0 Å². The van der Waals surface area contributed by atoms with Crippen molar-refractivity contribution in [2.24, 2.45) is 5.73 Å². The summed E-state index contributed by atoms with van der Waals surface area (Å²) in [7, 11) is -1.67. The van der Waals surface area contributed by atoms with Gasteiger partial charge in [0.25, 0.3) is 0 Å². The fourth-order valence-electron chi connectivity index (χ4n) is 0.992. The molecule has 4 N–H and O–H groups in total. The third kappa shape index (κ3) is 2.97. The summed E-state index contributed by atoms with van der Waals surface area (Å²) in [6.07, 6.45) is 0. The zero-order valence-corrected chi connectivity index (χ0v) is 7.59. The van der Waals surface area contributed by atoms with Crippen LogP contribution in [0.25, 0.3) is 0 Å². The lowest BCUT2D eigenvalue weighted by Gasteiger charge is -2.05. The van der Waals surface area contributed by atoms with Crippen molar-refractivity contribution < 1.29 is 14.4 Å². The van der Waals surface area contributed by atoms with Gasteiger partial charge in [-0.25, -0.2) is 4.39 Å². The van der Waals surface area contributed by atoms with Gasteiger partial charge in [-0.3, -0.25) is 0 Å². The van der Waals surface area contributed by atoms with E-state index in [0.29, 0.717) is 5.56 Å². The van der Waals surface area contributed by atoms with Crippen molar-refractivity contribution in [1.29, 1.82) is 0 Å². The molecule has 0 saturated heterocycles. The molecule has 72 valence electrons. The summed E-state index contributed by atoms with van der Waals surface area (Å²) in [5.74, 6) is -0.504. The Bertz CT molecular complexity index is 285. The summed E-state index contributed by atoms with van der Waals surface area (Å²) in [6.45, 7) is 0.160. The van der Waals surface area contributed by atoms with Gasteiger partial charge >= 0.3 is 7.12 Å². The van der Waals surface area contributed by atoms with Crippen LogP contribution in [0.15, 0.2) is 18.2 Å². The first kappa shape index (κ1) is 12.4. The zero-order chi connectivity index (χ0) is 9.14. The topological polar surface area (TPSA) is 66.5 Å². The predicted molar refractivity (Wildman–Crippen MR) is 51.4 cm³/mol. The maximum Gasteiger partial charge on any atom is 0.488 e. The first-order valence-electron chi connectivity index (χ1n) is 3.49. The van der Waals surface area contributed by atoms with Gasteiger partial charge in [0, 0.05) is 6.54 Å². The molecule has 0 aromatic heterocycles. The number of halogens is 2. The van der Waals surface area contributed by atoms with Crippen LogP contribution in [0.1, 0.15) is 5.56 Å². The van der Waals surface area contributed by atoms with E-state index in [4.69, 9.17) is 15.8 Å². The summed E-state index contributed by atoms with van der Waals surface area (Å²) < 4.78 is 12.6. The van der Waals surface area contributed by atoms with Gasteiger partial charge in [-0.2, -0.15) is 0 Å². The van der Waals surface area contributed by atoms with Gasteiger partial charge in [-0.1, -0.05) is 6.07 Å².